The zero-order valence-corrected chi connectivity index (χ0v) is 11.7. The van der Waals surface area contributed by atoms with E-state index >= 15 is 0 Å². The van der Waals surface area contributed by atoms with Gasteiger partial charge in [0.15, 0.2) is 0 Å². The summed E-state index contributed by atoms with van der Waals surface area (Å²) in [5.74, 6) is 0.676. The lowest BCUT2D eigenvalue weighted by molar-refractivity contribution is -0.0477. The number of rotatable bonds is 3. The van der Waals surface area contributed by atoms with Gasteiger partial charge in [0.1, 0.15) is 12.7 Å². The lowest BCUT2D eigenvalue weighted by Crippen LogP contribution is -2.45. The molecule has 1 N–H and O–H groups in total. The summed E-state index contributed by atoms with van der Waals surface area (Å²) in [6.07, 6.45) is 2.09. The lowest BCUT2D eigenvalue weighted by atomic mass is 10.2. The first-order valence-electron chi connectivity index (χ1n) is 5.76. The number of pyridine rings is 1. The normalized spacial score (nSPS) is 24.6. The number of nitrogens with one attached hydrogen (secondary N) is 1. The van der Waals surface area contributed by atoms with Gasteiger partial charge in [0.05, 0.1) is 6.10 Å². The Hall–Kier alpha value is -0.650. The Kier molecular flexibility index (Phi) is 4.36. The Bertz CT molecular complexity index is 387. The molecule has 17 heavy (non-hydrogen) atoms. The Morgan fingerprint density at radius 2 is 2.41 bits per heavy atom. The van der Waals surface area contributed by atoms with E-state index in [4.69, 9.17) is 9.47 Å². The molecular weight excluding hydrogens is 284 g/mol. The Balaban J connectivity index is 1.88. The Morgan fingerprint density at radius 3 is 3.12 bits per heavy atom. The van der Waals surface area contributed by atoms with Crippen LogP contribution in [0.15, 0.2) is 16.7 Å². The van der Waals surface area contributed by atoms with Gasteiger partial charge in [0, 0.05) is 29.3 Å². The van der Waals surface area contributed by atoms with Crippen LogP contribution in [0.5, 0.6) is 5.88 Å². The summed E-state index contributed by atoms with van der Waals surface area (Å²) in [7, 11) is 0. The van der Waals surface area contributed by atoms with Crippen molar-refractivity contribution in [3.05, 3.63) is 22.3 Å². The van der Waals surface area contributed by atoms with E-state index in [2.05, 4.69) is 33.2 Å². The molecule has 0 spiro atoms. The van der Waals surface area contributed by atoms with Gasteiger partial charge in [0.25, 0.3) is 0 Å². The van der Waals surface area contributed by atoms with Crippen molar-refractivity contribution in [1.82, 2.24) is 10.3 Å². The molecule has 1 aliphatic heterocycles. The van der Waals surface area contributed by atoms with E-state index < -0.39 is 0 Å². The number of ether oxygens (including phenoxy) is 2. The molecule has 1 fully saturated rings. The van der Waals surface area contributed by atoms with Crippen molar-refractivity contribution in [3.63, 3.8) is 0 Å². The van der Waals surface area contributed by atoms with Gasteiger partial charge in [-0.25, -0.2) is 4.98 Å². The summed E-state index contributed by atoms with van der Waals surface area (Å²) in [6, 6.07) is 1.99. The van der Waals surface area contributed by atoms with E-state index in [0.717, 1.165) is 23.1 Å². The predicted octanol–water partition coefficient (Wildman–Crippen LogP) is 1.91. The number of hydrogen-bond acceptors (Lipinski definition) is 4. The largest absolute Gasteiger partial charge is 0.475 e. The third-order valence-electron chi connectivity index (χ3n) is 2.63. The summed E-state index contributed by atoms with van der Waals surface area (Å²) in [5.41, 5.74) is 1.02. The molecule has 94 valence electrons. The number of morpholine rings is 1. The van der Waals surface area contributed by atoms with Crippen molar-refractivity contribution < 1.29 is 9.47 Å². The topological polar surface area (TPSA) is 43.4 Å². The molecular formula is C12H17BrN2O2. The molecule has 0 aromatic carbocycles. The third-order valence-corrected chi connectivity index (χ3v) is 3.07. The van der Waals surface area contributed by atoms with Crippen LogP contribution in [0.2, 0.25) is 0 Å². The van der Waals surface area contributed by atoms with E-state index in [-0.39, 0.29) is 12.2 Å². The molecule has 0 aliphatic carbocycles. The summed E-state index contributed by atoms with van der Waals surface area (Å²) >= 11 is 3.38. The highest BCUT2D eigenvalue weighted by Crippen LogP contribution is 2.19. The summed E-state index contributed by atoms with van der Waals surface area (Å²) in [6.45, 7) is 6.32. The molecule has 0 saturated carbocycles. The van der Waals surface area contributed by atoms with Crippen LogP contribution < -0.4 is 10.1 Å². The number of hydrogen-bond donors (Lipinski definition) is 1. The molecule has 1 aliphatic rings. The van der Waals surface area contributed by atoms with Gasteiger partial charge in [-0.1, -0.05) is 0 Å². The van der Waals surface area contributed by atoms with Gasteiger partial charge in [-0.15, -0.1) is 0 Å². The number of halogens is 1. The standard InChI is InChI=1S/C12H17BrN2O2/c1-8-3-10(13)5-15-12(8)16-7-11-6-14-4-9(2)17-11/h3,5,9,11,14H,4,6-7H2,1-2H3. The minimum Gasteiger partial charge on any atom is -0.475 e. The molecule has 5 heteroatoms. The third kappa shape index (κ3) is 3.66. The van der Waals surface area contributed by atoms with Crippen LogP contribution in [0, 0.1) is 6.92 Å². The van der Waals surface area contributed by atoms with Gasteiger partial charge in [-0.2, -0.15) is 0 Å². The molecule has 0 bridgehead atoms. The second kappa shape index (κ2) is 5.80. The van der Waals surface area contributed by atoms with Crippen molar-refractivity contribution in [1.29, 1.82) is 0 Å². The second-order valence-corrected chi connectivity index (χ2v) is 5.23. The highest BCUT2D eigenvalue weighted by atomic mass is 79.9. The summed E-state index contributed by atoms with van der Waals surface area (Å²) < 4.78 is 12.4. The molecule has 1 aromatic heterocycles. The van der Waals surface area contributed by atoms with Gasteiger partial charge >= 0.3 is 0 Å². The van der Waals surface area contributed by atoms with Crippen LogP contribution in [-0.4, -0.2) is 36.9 Å². The average Bonchev–Trinajstić information content (AvgIpc) is 2.28. The second-order valence-electron chi connectivity index (χ2n) is 4.31. The van der Waals surface area contributed by atoms with Crippen LogP contribution in [0.3, 0.4) is 0 Å². The highest BCUT2D eigenvalue weighted by Gasteiger charge is 2.19. The fourth-order valence-corrected chi connectivity index (χ4v) is 2.27. The molecule has 0 radical (unpaired) electrons. The number of aryl methyl sites for hydroxylation is 1. The van der Waals surface area contributed by atoms with E-state index in [9.17, 15) is 0 Å². The molecule has 4 nitrogen and oxygen atoms in total. The Morgan fingerprint density at radius 1 is 1.59 bits per heavy atom. The van der Waals surface area contributed by atoms with E-state index in [0.29, 0.717) is 12.5 Å². The van der Waals surface area contributed by atoms with Gasteiger partial charge in [0.2, 0.25) is 5.88 Å². The average molecular weight is 301 g/mol. The van der Waals surface area contributed by atoms with Crippen LogP contribution in [-0.2, 0) is 4.74 Å². The first-order chi connectivity index (χ1) is 8.15. The maximum atomic E-state index is 5.75. The van der Waals surface area contributed by atoms with E-state index in [1.54, 1.807) is 6.20 Å². The maximum Gasteiger partial charge on any atom is 0.216 e. The zero-order chi connectivity index (χ0) is 12.3. The molecule has 1 aromatic rings. The molecule has 2 rings (SSSR count). The fourth-order valence-electron chi connectivity index (χ4n) is 1.82. The quantitative estimate of drug-likeness (QED) is 0.926. The summed E-state index contributed by atoms with van der Waals surface area (Å²) in [5, 5.41) is 3.31. The Labute approximate surface area is 110 Å². The van der Waals surface area contributed by atoms with Crippen molar-refractivity contribution in [2.24, 2.45) is 0 Å². The van der Waals surface area contributed by atoms with Crippen molar-refractivity contribution in [2.45, 2.75) is 26.1 Å². The van der Waals surface area contributed by atoms with Gasteiger partial charge in [-0.05, 0) is 35.8 Å². The van der Waals surface area contributed by atoms with Crippen LogP contribution >= 0.6 is 15.9 Å². The van der Waals surface area contributed by atoms with Gasteiger partial charge < -0.3 is 14.8 Å². The van der Waals surface area contributed by atoms with Crippen molar-refractivity contribution in [3.8, 4) is 5.88 Å². The van der Waals surface area contributed by atoms with Crippen molar-refractivity contribution >= 4 is 15.9 Å². The maximum absolute atomic E-state index is 5.75. The first kappa shape index (κ1) is 12.8. The van der Waals surface area contributed by atoms with Crippen molar-refractivity contribution in [2.75, 3.05) is 19.7 Å². The first-order valence-corrected chi connectivity index (χ1v) is 6.55. The van der Waals surface area contributed by atoms with Gasteiger partial charge in [-0.3, -0.25) is 0 Å². The monoisotopic (exact) mass is 300 g/mol. The predicted molar refractivity (Wildman–Crippen MR) is 69.4 cm³/mol. The minimum atomic E-state index is 0.101. The van der Waals surface area contributed by atoms with Crippen LogP contribution in [0.4, 0.5) is 0 Å². The molecule has 1 saturated heterocycles. The SMILES string of the molecule is Cc1cc(Br)cnc1OCC1CNCC(C)O1. The molecule has 2 atom stereocenters. The molecule has 0 amide bonds. The molecule has 2 unspecified atom stereocenters. The number of nitrogens with zero attached hydrogens (tertiary/aromatic N) is 1. The smallest absolute Gasteiger partial charge is 0.216 e. The van der Waals surface area contributed by atoms with E-state index in [1.165, 1.54) is 0 Å². The number of aromatic nitrogens is 1. The fraction of sp³-hybridized carbons (Fsp3) is 0.583. The van der Waals surface area contributed by atoms with Crippen LogP contribution in [0.25, 0.3) is 0 Å². The van der Waals surface area contributed by atoms with Crippen LogP contribution in [0.1, 0.15) is 12.5 Å². The lowest BCUT2D eigenvalue weighted by Gasteiger charge is -2.28. The zero-order valence-electron chi connectivity index (χ0n) is 10.1. The summed E-state index contributed by atoms with van der Waals surface area (Å²) in [4.78, 5) is 4.24. The minimum absolute atomic E-state index is 0.101. The molecule has 2 heterocycles. The van der Waals surface area contributed by atoms with E-state index in [1.807, 2.05) is 13.0 Å². The highest BCUT2D eigenvalue weighted by molar-refractivity contribution is 9.10.